The Bertz CT molecular complexity index is 408. The lowest BCUT2D eigenvalue weighted by atomic mass is 10.1. The Morgan fingerprint density at radius 1 is 1.47 bits per heavy atom. The van der Waals surface area contributed by atoms with Crippen LogP contribution in [-0.4, -0.2) is 24.9 Å². The molecule has 0 fully saturated rings. The molecule has 2 rings (SSSR count). The summed E-state index contributed by atoms with van der Waals surface area (Å²) in [6.07, 6.45) is 0.420. The Labute approximate surface area is 106 Å². The van der Waals surface area contributed by atoms with Gasteiger partial charge in [0.15, 0.2) is 0 Å². The van der Waals surface area contributed by atoms with Gasteiger partial charge in [0.25, 0.3) is 0 Å². The van der Waals surface area contributed by atoms with Crippen molar-refractivity contribution in [3.63, 3.8) is 0 Å². The van der Waals surface area contributed by atoms with E-state index >= 15 is 0 Å². The predicted octanol–water partition coefficient (Wildman–Crippen LogP) is 2.68. The van der Waals surface area contributed by atoms with Gasteiger partial charge in [-0.25, -0.2) is 0 Å². The van der Waals surface area contributed by atoms with Gasteiger partial charge in [-0.3, -0.25) is 4.79 Å². The van der Waals surface area contributed by atoms with Crippen molar-refractivity contribution in [3.8, 4) is 5.75 Å². The number of alkyl halides is 1. The molecule has 0 saturated carbocycles. The lowest BCUT2D eigenvalue weighted by Crippen LogP contribution is -2.34. The van der Waals surface area contributed by atoms with Crippen molar-refractivity contribution in [1.82, 2.24) is 0 Å². The number of carbonyl (C=O) groups excluding carboxylic acids is 1. The lowest BCUT2D eigenvalue weighted by molar-refractivity contribution is -0.118. The summed E-state index contributed by atoms with van der Waals surface area (Å²) in [5.41, 5.74) is 0.854. The number of amides is 1. The van der Waals surface area contributed by atoms with Crippen molar-refractivity contribution in [3.05, 3.63) is 24.3 Å². The molecule has 0 N–H and O–H groups in total. The fourth-order valence-corrected chi connectivity index (χ4v) is 1.98. The zero-order valence-corrected chi connectivity index (χ0v) is 10.6. The van der Waals surface area contributed by atoms with E-state index in [0.717, 1.165) is 11.4 Å². The largest absolute Gasteiger partial charge is 0.491 e. The summed E-state index contributed by atoms with van der Waals surface area (Å²) < 4.78 is 5.57. The first-order valence-electron chi connectivity index (χ1n) is 5.80. The van der Waals surface area contributed by atoms with Crippen LogP contribution in [0.15, 0.2) is 24.3 Å². The van der Waals surface area contributed by atoms with Crippen LogP contribution in [0.4, 0.5) is 5.69 Å². The van der Waals surface area contributed by atoms with E-state index in [1.165, 1.54) is 0 Å². The van der Waals surface area contributed by atoms with Gasteiger partial charge in [-0.15, -0.1) is 11.6 Å². The second kappa shape index (κ2) is 5.41. The van der Waals surface area contributed by atoms with Gasteiger partial charge in [0.05, 0.1) is 18.7 Å². The highest BCUT2D eigenvalue weighted by molar-refractivity contribution is 6.18. The number of para-hydroxylation sites is 2. The molecule has 0 spiro atoms. The highest BCUT2D eigenvalue weighted by atomic mass is 35.5. The minimum absolute atomic E-state index is 0.104. The first-order valence-corrected chi connectivity index (χ1v) is 6.34. The Balaban J connectivity index is 2.30. The average molecular weight is 254 g/mol. The Morgan fingerprint density at radius 3 is 3.00 bits per heavy atom. The van der Waals surface area contributed by atoms with Gasteiger partial charge in [-0.1, -0.05) is 19.1 Å². The zero-order valence-electron chi connectivity index (χ0n) is 9.86. The molecule has 0 aromatic heterocycles. The number of fused-ring (bicyclic) bond motifs is 1. The standard InChI is InChI=1S/C13H16ClNO2/c1-10(8-14)9-15-11-4-2-3-5-12(11)17-7-6-13(15)16/h2-5,10H,6-9H2,1H3. The van der Waals surface area contributed by atoms with E-state index in [-0.39, 0.29) is 11.8 Å². The molecule has 1 unspecified atom stereocenters. The molecule has 1 aromatic rings. The Hall–Kier alpha value is -1.22. The van der Waals surface area contributed by atoms with E-state index in [1.54, 1.807) is 4.90 Å². The number of hydrogen-bond acceptors (Lipinski definition) is 2. The fourth-order valence-electron chi connectivity index (χ4n) is 1.88. The van der Waals surface area contributed by atoms with Crippen molar-refractivity contribution in [2.75, 3.05) is 23.9 Å². The van der Waals surface area contributed by atoms with Crippen molar-refractivity contribution in [2.24, 2.45) is 5.92 Å². The van der Waals surface area contributed by atoms with E-state index in [2.05, 4.69) is 0 Å². The molecule has 1 atom stereocenters. The monoisotopic (exact) mass is 253 g/mol. The molecule has 0 saturated heterocycles. The summed E-state index contributed by atoms with van der Waals surface area (Å²) in [6, 6.07) is 7.64. The van der Waals surface area contributed by atoms with Gasteiger partial charge in [0, 0.05) is 12.4 Å². The molecule has 1 heterocycles. The van der Waals surface area contributed by atoms with E-state index < -0.39 is 0 Å². The van der Waals surface area contributed by atoms with Crippen LogP contribution < -0.4 is 9.64 Å². The van der Waals surface area contributed by atoms with Crippen molar-refractivity contribution < 1.29 is 9.53 Å². The average Bonchev–Trinajstić information content (AvgIpc) is 2.50. The van der Waals surface area contributed by atoms with Crippen LogP contribution in [0, 0.1) is 5.92 Å². The molecule has 1 aromatic carbocycles. The maximum atomic E-state index is 12.0. The minimum Gasteiger partial charge on any atom is -0.491 e. The molecule has 17 heavy (non-hydrogen) atoms. The number of carbonyl (C=O) groups is 1. The molecule has 3 nitrogen and oxygen atoms in total. The van der Waals surface area contributed by atoms with Gasteiger partial charge >= 0.3 is 0 Å². The van der Waals surface area contributed by atoms with Crippen molar-refractivity contribution in [2.45, 2.75) is 13.3 Å². The molecule has 1 aliphatic heterocycles. The third-order valence-corrected chi connectivity index (χ3v) is 3.32. The van der Waals surface area contributed by atoms with Gasteiger partial charge < -0.3 is 9.64 Å². The number of anilines is 1. The van der Waals surface area contributed by atoms with E-state index in [0.29, 0.717) is 25.5 Å². The van der Waals surface area contributed by atoms with Crippen LogP contribution in [0.3, 0.4) is 0 Å². The van der Waals surface area contributed by atoms with E-state index in [9.17, 15) is 4.79 Å². The number of halogens is 1. The summed E-state index contributed by atoms with van der Waals surface area (Å²) in [4.78, 5) is 13.8. The SMILES string of the molecule is CC(CCl)CN1C(=O)CCOc2ccccc21. The maximum Gasteiger partial charge on any atom is 0.230 e. The maximum absolute atomic E-state index is 12.0. The first kappa shape index (κ1) is 12.2. The molecule has 92 valence electrons. The summed E-state index contributed by atoms with van der Waals surface area (Å²) >= 11 is 5.82. The summed E-state index contributed by atoms with van der Waals surface area (Å²) in [6.45, 7) is 3.12. The molecule has 0 radical (unpaired) electrons. The van der Waals surface area contributed by atoms with Crippen molar-refractivity contribution in [1.29, 1.82) is 0 Å². The fraction of sp³-hybridized carbons (Fsp3) is 0.462. The van der Waals surface area contributed by atoms with Gasteiger partial charge in [0.2, 0.25) is 5.91 Å². The van der Waals surface area contributed by atoms with Crippen LogP contribution in [-0.2, 0) is 4.79 Å². The first-order chi connectivity index (χ1) is 8.22. The van der Waals surface area contributed by atoms with Crippen LogP contribution in [0.5, 0.6) is 5.75 Å². The number of benzene rings is 1. The van der Waals surface area contributed by atoms with Crippen LogP contribution in [0.25, 0.3) is 0 Å². The summed E-state index contributed by atoms with van der Waals surface area (Å²) in [7, 11) is 0. The molecule has 1 amide bonds. The molecular formula is C13H16ClNO2. The van der Waals surface area contributed by atoms with Gasteiger partial charge in [-0.2, -0.15) is 0 Å². The lowest BCUT2D eigenvalue weighted by Gasteiger charge is -2.24. The second-order valence-electron chi connectivity index (χ2n) is 4.33. The van der Waals surface area contributed by atoms with Crippen LogP contribution in [0.2, 0.25) is 0 Å². The van der Waals surface area contributed by atoms with Gasteiger partial charge in [-0.05, 0) is 18.1 Å². The smallest absolute Gasteiger partial charge is 0.230 e. The molecule has 0 aliphatic carbocycles. The Morgan fingerprint density at radius 2 is 2.24 bits per heavy atom. The number of rotatable bonds is 3. The molecule has 0 bridgehead atoms. The summed E-state index contributed by atoms with van der Waals surface area (Å²) in [5, 5.41) is 0. The molecular weight excluding hydrogens is 238 g/mol. The van der Waals surface area contributed by atoms with E-state index in [1.807, 2.05) is 31.2 Å². The summed E-state index contributed by atoms with van der Waals surface area (Å²) in [5.74, 6) is 1.70. The highest BCUT2D eigenvalue weighted by Crippen LogP contribution is 2.31. The topological polar surface area (TPSA) is 29.5 Å². The number of nitrogens with zero attached hydrogens (tertiary/aromatic N) is 1. The highest BCUT2D eigenvalue weighted by Gasteiger charge is 2.23. The molecule has 4 heteroatoms. The number of ether oxygens (including phenoxy) is 1. The minimum atomic E-state index is 0.104. The van der Waals surface area contributed by atoms with Crippen LogP contribution in [0.1, 0.15) is 13.3 Å². The third kappa shape index (κ3) is 2.72. The zero-order chi connectivity index (χ0) is 12.3. The normalized spacial score (nSPS) is 17.1. The predicted molar refractivity (Wildman–Crippen MR) is 68.8 cm³/mol. The van der Waals surface area contributed by atoms with Crippen LogP contribution >= 0.6 is 11.6 Å². The quantitative estimate of drug-likeness (QED) is 0.775. The second-order valence-corrected chi connectivity index (χ2v) is 4.64. The number of hydrogen-bond donors (Lipinski definition) is 0. The van der Waals surface area contributed by atoms with E-state index in [4.69, 9.17) is 16.3 Å². The molecule has 1 aliphatic rings. The van der Waals surface area contributed by atoms with Crippen molar-refractivity contribution >= 4 is 23.2 Å². The third-order valence-electron chi connectivity index (χ3n) is 2.79. The van der Waals surface area contributed by atoms with Gasteiger partial charge in [0.1, 0.15) is 5.75 Å². The Kier molecular flexibility index (Phi) is 3.89.